The van der Waals surface area contributed by atoms with Gasteiger partial charge in [0.2, 0.25) is 5.91 Å². The summed E-state index contributed by atoms with van der Waals surface area (Å²) in [7, 11) is 0. The molecule has 0 unspecified atom stereocenters. The van der Waals surface area contributed by atoms with Gasteiger partial charge in [0.1, 0.15) is 12.1 Å². The number of hydroxylamine groups is 2. The third-order valence-electron chi connectivity index (χ3n) is 7.65. The van der Waals surface area contributed by atoms with Crippen LogP contribution in [0.1, 0.15) is 34.8 Å². The number of benzene rings is 3. The molecule has 1 fully saturated rings. The maximum atomic E-state index is 13.5. The van der Waals surface area contributed by atoms with Gasteiger partial charge in [0.25, 0.3) is 5.91 Å². The molecule has 1 aliphatic rings. The highest BCUT2D eigenvalue weighted by molar-refractivity contribution is 5.94. The summed E-state index contributed by atoms with van der Waals surface area (Å²) in [6.07, 6.45) is 0.885. The predicted octanol–water partition coefficient (Wildman–Crippen LogP) is 2.50. The second-order valence-corrected chi connectivity index (χ2v) is 10.8. The summed E-state index contributed by atoms with van der Waals surface area (Å²) in [6, 6.07) is 23.6. The summed E-state index contributed by atoms with van der Waals surface area (Å²) in [5.74, 6) is 4.96. The first-order valence-electron chi connectivity index (χ1n) is 14.8. The van der Waals surface area contributed by atoms with Crippen molar-refractivity contribution in [2.24, 2.45) is 5.92 Å². The molecule has 1 aliphatic heterocycles. The lowest BCUT2D eigenvalue weighted by Crippen LogP contribution is -2.49. The summed E-state index contributed by atoms with van der Waals surface area (Å²) >= 11 is 0. The highest BCUT2D eigenvalue weighted by atomic mass is 16.7. The van der Waals surface area contributed by atoms with Crippen LogP contribution in [0, 0.1) is 17.8 Å². The summed E-state index contributed by atoms with van der Waals surface area (Å²) in [6.45, 7) is 2.84. The number of amides is 2. The number of hydrogen-bond acceptors (Lipinski definition) is 7. The lowest BCUT2D eigenvalue weighted by atomic mass is 9.89. The highest BCUT2D eigenvalue weighted by Gasteiger charge is 2.49. The minimum absolute atomic E-state index is 0.189. The van der Waals surface area contributed by atoms with Gasteiger partial charge in [-0.3, -0.25) is 14.4 Å². The lowest BCUT2D eigenvalue weighted by molar-refractivity contribution is -0.181. The molecule has 5 rings (SSSR count). The van der Waals surface area contributed by atoms with E-state index in [2.05, 4.69) is 32.0 Å². The van der Waals surface area contributed by atoms with E-state index < -0.39 is 24.2 Å². The molecule has 3 aromatic carbocycles. The number of para-hydroxylation sites is 2. The Morgan fingerprint density at radius 3 is 2.64 bits per heavy atom. The van der Waals surface area contributed by atoms with Gasteiger partial charge in [-0.1, -0.05) is 54.3 Å². The second kappa shape index (κ2) is 14.8. The molecule has 0 saturated carbocycles. The number of aryl methyl sites for hydroxylation is 1. The molecule has 0 bridgehead atoms. The maximum Gasteiger partial charge on any atom is 0.252 e. The minimum atomic E-state index is -0.881. The second-order valence-electron chi connectivity index (χ2n) is 10.8. The van der Waals surface area contributed by atoms with Crippen molar-refractivity contribution in [3.05, 3.63) is 102 Å². The molecule has 0 spiro atoms. The van der Waals surface area contributed by atoms with E-state index in [4.69, 9.17) is 4.84 Å². The van der Waals surface area contributed by atoms with Crippen LogP contribution in [0.5, 0.6) is 0 Å². The van der Waals surface area contributed by atoms with Crippen LogP contribution in [0.25, 0.3) is 11.0 Å². The topological polar surface area (TPSA) is 129 Å². The zero-order chi connectivity index (χ0) is 30.9. The Morgan fingerprint density at radius 2 is 1.84 bits per heavy atom. The quantitative estimate of drug-likeness (QED) is 0.155. The van der Waals surface area contributed by atoms with Crippen LogP contribution in [0.2, 0.25) is 0 Å². The normalized spacial score (nSPS) is 18.8. The van der Waals surface area contributed by atoms with Crippen molar-refractivity contribution >= 4 is 22.8 Å². The average Bonchev–Trinajstić information content (AvgIpc) is 3.63. The van der Waals surface area contributed by atoms with Gasteiger partial charge in [-0.15, -0.1) is 0 Å². The number of rotatable bonds is 11. The number of carbonyl (C=O) groups is 2. The van der Waals surface area contributed by atoms with Crippen molar-refractivity contribution in [2.45, 2.75) is 44.7 Å². The SMILES string of the molecule is C[C@@H](O)[C@H]1[C@@H](CO)ON(Cc2cccc(C#CCNC(=O)c3ccccc3)c2)[C@H]1C(=O)NCCCn1cnc2ccccc21. The first-order chi connectivity index (χ1) is 21.4. The predicted molar refractivity (Wildman–Crippen MR) is 166 cm³/mol. The van der Waals surface area contributed by atoms with E-state index in [-0.39, 0.29) is 31.5 Å². The number of nitrogens with zero attached hydrogens (tertiary/aromatic N) is 3. The van der Waals surface area contributed by atoms with Crippen LogP contribution in [0.3, 0.4) is 0 Å². The third kappa shape index (κ3) is 7.51. The summed E-state index contributed by atoms with van der Waals surface area (Å²) < 4.78 is 2.06. The van der Waals surface area contributed by atoms with Gasteiger partial charge in [-0.25, -0.2) is 4.98 Å². The number of hydrogen-bond donors (Lipinski definition) is 4. The van der Waals surface area contributed by atoms with Crippen LogP contribution in [0.15, 0.2) is 85.2 Å². The third-order valence-corrected chi connectivity index (χ3v) is 7.65. The number of aromatic nitrogens is 2. The van der Waals surface area contributed by atoms with Crippen molar-refractivity contribution in [2.75, 3.05) is 19.7 Å². The molecule has 228 valence electrons. The van der Waals surface area contributed by atoms with Gasteiger partial charge in [-0.2, -0.15) is 5.06 Å². The number of nitrogens with one attached hydrogen (secondary N) is 2. The number of imidazole rings is 1. The van der Waals surface area contributed by atoms with Gasteiger partial charge in [0, 0.05) is 30.1 Å². The zero-order valence-electron chi connectivity index (χ0n) is 24.6. The summed E-state index contributed by atoms with van der Waals surface area (Å²) in [5, 5.41) is 27.9. The van der Waals surface area contributed by atoms with Crippen LogP contribution < -0.4 is 10.6 Å². The fraction of sp³-hybridized carbons (Fsp3) is 0.324. The molecule has 0 aliphatic carbocycles. The Labute approximate surface area is 256 Å². The Balaban J connectivity index is 1.20. The number of aliphatic hydroxyl groups is 2. The van der Waals surface area contributed by atoms with Gasteiger partial charge in [0.05, 0.1) is 43.2 Å². The Kier molecular flexibility index (Phi) is 10.4. The van der Waals surface area contributed by atoms with Crippen molar-refractivity contribution < 1.29 is 24.6 Å². The minimum Gasteiger partial charge on any atom is -0.394 e. The molecule has 1 aromatic heterocycles. The molecule has 1 saturated heterocycles. The van der Waals surface area contributed by atoms with Crippen molar-refractivity contribution in [1.29, 1.82) is 0 Å². The van der Waals surface area contributed by atoms with Crippen molar-refractivity contribution in [1.82, 2.24) is 25.2 Å². The van der Waals surface area contributed by atoms with E-state index in [0.717, 1.165) is 22.2 Å². The smallest absolute Gasteiger partial charge is 0.252 e. The van der Waals surface area contributed by atoms with E-state index in [0.29, 0.717) is 25.1 Å². The van der Waals surface area contributed by atoms with Gasteiger partial charge < -0.3 is 25.4 Å². The zero-order valence-corrected chi connectivity index (χ0v) is 24.6. The standard InChI is InChI=1S/C34H37N5O5/c1-24(41)31-30(22-40)44-39(32(31)34(43)36-18-9-19-38-23-37-28-15-5-6-16-29(28)38)21-26-11-7-10-25(20-26)12-8-17-35-33(42)27-13-3-2-4-14-27/h2-7,10-11,13-16,20,23-24,30-32,40-41H,9,17-19,21-22H2,1H3,(H,35,42)(H,36,43)/t24-,30-,31+,32-/m1/s1. The highest BCUT2D eigenvalue weighted by Crippen LogP contribution is 2.32. The molecule has 4 aromatic rings. The van der Waals surface area contributed by atoms with E-state index in [1.807, 2.05) is 54.6 Å². The van der Waals surface area contributed by atoms with Crippen LogP contribution in [-0.2, 0) is 22.7 Å². The van der Waals surface area contributed by atoms with E-state index in [1.165, 1.54) is 0 Å². The van der Waals surface area contributed by atoms with Gasteiger partial charge in [0.15, 0.2) is 0 Å². The molecule has 44 heavy (non-hydrogen) atoms. The Morgan fingerprint density at radius 1 is 1.05 bits per heavy atom. The van der Waals surface area contributed by atoms with Crippen molar-refractivity contribution in [3.63, 3.8) is 0 Å². The fourth-order valence-electron chi connectivity index (χ4n) is 5.52. The van der Waals surface area contributed by atoms with Crippen LogP contribution >= 0.6 is 0 Å². The van der Waals surface area contributed by atoms with Crippen LogP contribution in [-0.4, -0.2) is 74.6 Å². The molecular formula is C34H37N5O5. The molecule has 4 atom stereocenters. The van der Waals surface area contributed by atoms with Gasteiger partial charge >= 0.3 is 0 Å². The Hall–Kier alpha value is -4.53. The van der Waals surface area contributed by atoms with E-state index >= 15 is 0 Å². The first kappa shape index (κ1) is 30.9. The number of carbonyl (C=O) groups excluding carboxylic acids is 2. The Bertz CT molecular complexity index is 1630. The summed E-state index contributed by atoms with van der Waals surface area (Å²) in [4.78, 5) is 36.1. The monoisotopic (exact) mass is 595 g/mol. The molecule has 0 radical (unpaired) electrons. The van der Waals surface area contributed by atoms with Gasteiger partial charge in [-0.05, 0) is 55.3 Å². The fourth-order valence-corrected chi connectivity index (χ4v) is 5.52. The maximum absolute atomic E-state index is 13.5. The van der Waals surface area contributed by atoms with E-state index in [9.17, 15) is 19.8 Å². The number of fused-ring (bicyclic) bond motifs is 1. The first-order valence-corrected chi connectivity index (χ1v) is 14.8. The molecule has 4 N–H and O–H groups in total. The lowest BCUT2D eigenvalue weighted by Gasteiger charge is -2.26. The summed E-state index contributed by atoms with van der Waals surface area (Å²) in [5.41, 5.74) is 4.13. The molecule has 2 amide bonds. The molecular weight excluding hydrogens is 558 g/mol. The molecule has 2 heterocycles. The van der Waals surface area contributed by atoms with E-state index in [1.54, 1.807) is 42.6 Å². The van der Waals surface area contributed by atoms with Crippen LogP contribution in [0.4, 0.5) is 0 Å². The van der Waals surface area contributed by atoms with Crippen molar-refractivity contribution in [3.8, 4) is 11.8 Å². The number of aliphatic hydroxyl groups excluding tert-OH is 2. The largest absolute Gasteiger partial charge is 0.394 e. The molecule has 10 nitrogen and oxygen atoms in total. The average molecular weight is 596 g/mol. The molecule has 10 heteroatoms.